The Kier molecular flexibility index (Phi) is 3.24. The van der Waals surface area contributed by atoms with Crippen LogP contribution in [-0.2, 0) is 4.79 Å². The van der Waals surface area contributed by atoms with E-state index in [4.69, 9.17) is 5.11 Å². The molecule has 6 nitrogen and oxygen atoms in total. The molecule has 2 N–H and O–H groups in total. The quantitative estimate of drug-likeness (QED) is 0.462. The van der Waals surface area contributed by atoms with Gasteiger partial charge in [0.05, 0.1) is 10.5 Å². The van der Waals surface area contributed by atoms with Crippen molar-refractivity contribution in [3.63, 3.8) is 0 Å². The van der Waals surface area contributed by atoms with Crippen LogP contribution in [0.4, 0.5) is 5.69 Å². The summed E-state index contributed by atoms with van der Waals surface area (Å²) in [6.45, 7) is 1.32. The summed E-state index contributed by atoms with van der Waals surface area (Å²) in [5.74, 6) is -1.33. The van der Waals surface area contributed by atoms with Crippen LogP contribution in [0.5, 0.6) is 5.75 Å². The smallest absolute Gasteiger partial charge is 0.331 e. The molecular formula is C10H9NO5. The summed E-state index contributed by atoms with van der Waals surface area (Å²) in [4.78, 5) is 20.6. The van der Waals surface area contributed by atoms with E-state index in [2.05, 4.69) is 0 Å². The summed E-state index contributed by atoms with van der Waals surface area (Å²) < 4.78 is 0. The third-order valence-electron chi connectivity index (χ3n) is 1.92. The van der Waals surface area contributed by atoms with E-state index < -0.39 is 10.9 Å². The van der Waals surface area contributed by atoms with Crippen LogP contribution in [0.25, 0.3) is 6.08 Å². The summed E-state index contributed by atoms with van der Waals surface area (Å²) in [6.07, 6.45) is 1.14. The highest BCUT2D eigenvalue weighted by Crippen LogP contribution is 2.25. The minimum absolute atomic E-state index is 0.0475. The molecule has 0 saturated carbocycles. The lowest BCUT2D eigenvalue weighted by Crippen LogP contribution is -1.97. The van der Waals surface area contributed by atoms with E-state index in [0.29, 0.717) is 0 Å². The lowest BCUT2D eigenvalue weighted by Gasteiger charge is -1.99. The Morgan fingerprint density at radius 3 is 2.62 bits per heavy atom. The fourth-order valence-corrected chi connectivity index (χ4v) is 1.12. The fraction of sp³-hybridized carbons (Fsp3) is 0.100. The van der Waals surface area contributed by atoms with Crippen molar-refractivity contribution in [1.82, 2.24) is 0 Å². The number of phenolic OH excluding ortho intramolecular Hbond substituents is 1. The van der Waals surface area contributed by atoms with Crippen LogP contribution >= 0.6 is 0 Å². The Labute approximate surface area is 90.6 Å². The van der Waals surface area contributed by atoms with E-state index in [1.807, 2.05) is 0 Å². The number of hydrogen-bond acceptors (Lipinski definition) is 4. The Morgan fingerprint density at radius 2 is 2.12 bits per heavy atom. The van der Waals surface area contributed by atoms with E-state index in [0.717, 1.165) is 18.2 Å². The Bertz CT molecular complexity index is 478. The Balaban J connectivity index is 3.31. The maximum atomic E-state index is 10.6. The monoisotopic (exact) mass is 223 g/mol. The molecule has 1 rings (SSSR count). The van der Waals surface area contributed by atoms with Gasteiger partial charge in [0.15, 0.2) is 0 Å². The molecule has 6 heteroatoms. The molecule has 0 fully saturated rings. The van der Waals surface area contributed by atoms with Crippen molar-refractivity contribution >= 4 is 17.7 Å². The zero-order valence-corrected chi connectivity index (χ0v) is 8.38. The van der Waals surface area contributed by atoms with Gasteiger partial charge < -0.3 is 10.2 Å². The minimum Gasteiger partial charge on any atom is -0.508 e. The number of aliphatic carboxylic acids is 1. The first-order valence-corrected chi connectivity index (χ1v) is 4.31. The second kappa shape index (κ2) is 4.43. The second-order valence-corrected chi connectivity index (χ2v) is 3.13. The molecule has 84 valence electrons. The average Bonchev–Trinajstić information content (AvgIpc) is 2.16. The minimum atomic E-state index is -1.17. The standard InChI is InChI=1S/C10H9NO5/c1-6(10(13)14)4-7-5-8(12)2-3-9(7)11(15)16/h2-5,12H,1H3,(H,13,14)/b6-4+. The second-order valence-electron chi connectivity index (χ2n) is 3.13. The maximum Gasteiger partial charge on any atom is 0.331 e. The van der Waals surface area contributed by atoms with Crippen LogP contribution in [0.1, 0.15) is 12.5 Å². The number of benzene rings is 1. The lowest BCUT2D eigenvalue weighted by molar-refractivity contribution is -0.385. The molecule has 1 aromatic rings. The molecule has 0 saturated heterocycles. The number of aromatic hydroxyl groups is 1. The highest BCUT2D eigenvalue weighted by Gasteiger charge is 2.13. The predicted octanol–water partition coefficient (Wildman–Crippen LogP) is 1.79. The van der Waals surface area contributed by atoms with Crippen LogP contribution in [0, 0.1) is 10.1 Å². The van der Waals surface area contributed by atoms with Crippen LogP contribution in [0.2, 0.25) is 0 Å². The summed E-state index contributed by atoms with van der Waals surface area (Å²) in [5.41, 5.74) is -0.239. The van der Waals surface area contributed by atoms with Gasteiger partial charge in [-0.25, -0.2) is 4.79 Å². The largest absolute Gasteiger partial charge is 0.508 e. The van der Waals surface area contributed by atoms with Crippen molar-refractivity contribution in [3.8, 4) is 5.75 Å². The molecule has 1 aromatic carbocycles. The van der Waals surface area contributed by atoms with Crippen molar-refractivity contribution in [3.05, 3.63) is 39.4 Å². The molecule has 0 unspecified atom stereocenters. The van der Waals surface area contributed by atoms with E-state index >= 15 is 0 Å². The molecule has 0 aromatic heterocycles. The number of nitrogens with zero attached hydrogens (tertiary/aromatic N) is 1. The van der Waals surface area contributed by atoms with Crippen LogP contribution < -0.4 is 0 Å². The van der Waals surface area contributed by atoms with Gasteiger partial charge in [-0.3, -0.25) is 10.1 Å². The first kappa shape index (κ1) is 11.7. The molecule has 0 aliphatic heterocycles. The van der Waals surface area contributed by atoms with Gasteiger partial charge in [0.1, 0.15) is 5.75 Å². The van der Waals surface area contributed by atoms with E-state index in [1.54, 1.807) is 0 Å². The molecule has 0 heterocycles. The Hall–Kier alpha value is -2.37. The first-order valence-electron chi connectivity index (χ1n) is 4.31. The highest BCUT2D eigenvalue weighted by molar-refractivity contribution is 5.92. The van der Waals surface area contributed by atoms with Crippen LogP contribution in [0.3, 0.4) is 0 Å². The van der Waals surface area contributed by atoms with Crippen molar-refractivity contribution in [2.24, 2.45) is 0 Å². The van der Waals surface area contributed by atoms with Crippen molar-refractivity contribution < 1.29 is 19.9 Å². The normalized spacial score (nSPS) is 11.2. The van der Waals surface area contributed by atoms with Crippen molar-refractivity contribution in [1.29, 1.82) is 0 Å². The van der Waals surface area contributed by atoms with Gasteiger partial charge in [0, 0.05) is 11.6 Å². The van der Waals surface area contributed by atoms with Crippen molar-refractivity contribution in [2.45, 2.75) is 6.92 Å². The third kappa shape index (κ3) is 2.57. The molecular weight excluding hydrogens is 214 g/mol. The maximum absolute atomic E-state index is 10.6. The van der Waals surface area contributed by atoms with E-state index in [9.17, 15) is 20.0 Å². The molecule has 0 radical (unpaired) electrons. The summed E-state index contributed by atoms with van der Waals surface area (Å²) >= 11 is 0. The molecule has 0 atom stereocenters. The van der Waals surface area contributed by atoms with E-state index in [-0.39, 0.29) is 22.6 Å². The number of rotatable bonds is 3. The average molecular weight is 223 g/mol. The van der Waals surface area contributed by atoms with Crippen LogP contribution in [-0.4, -0.2) is 21.1 Å². The number of carboxylic acid groups (broad SMARTS) is 1. The number of phenols is 1. The molecule has 16 heavy (non-hydrogen) atoms. The zero-order chi connectivity index (χ0) is 12.3. The highest BCUT2D eigenvalue weighted by atomic mass is 16.6. The number of nitro groups is 1. The topological polar surface area (TPSA) is 101 Å². The van der Waals surface area contributed by atoms with E-state index in [1.165, 1.54) is 13.0 Å². The third-order valence-corrected chi connectivity index (χ3v) is 1.92. The summed E-state index contributed by atoms with van der Waals surface area (Å²) in [6, 6.07) is 3.44. The molecule has 0 aliphatic rings. The van der Waals surface area contributed by atoms with Gasteiger partial charge in [0.2, 0.25) is 0 Å². The van der Waals surface area contributed by atoms with Gasteiger partial charge in [0.25, 0.3) is 5.69 Å². The Morgan fingerprint density at radius 1 is 1.50 bits per heavy atom. The predicted molar refractivity (Wildman–Crippen MR) is 56.0 cm³/mol. The summed E-state index contributed by atoms with van der Waals surface area (Å²) in [7, 11) is 0. The first-order chi connectivity index (χ1) is 7.41. The van der Waals surface area contributed by atoms with Gasteiger partial charge in [-0.1, -0.05) is 0 Å². The SMILES string of the molecule is C/C(=C\c1cc(O)ccc1[N+](=O)[O-])C(=O)O. The van der Waals surface area contributed by atoms with Gasteiger partial charge in [-0.2, -0.15) is 0 Å². The summed E-state index contributed by atoms with van der Waals surface area (Å²) in [5, 5.41) is 28.4. The van der Waals surface area contributed by atoms with Gasteiger partial charge in [-0.05, 0) is 25.1 Å². The fourth-order valence-electron chi connectivity index (χ4n) is 1.12. The lowest BCUT2D eigenvalue weighted by atomic mass is 10.1. The van der Waals surface area contributed by atoms with Crippen LogP contribution in [0.15, 0.2) is 23.8 Å². The van der Waals surface area contributed by atoms with Gasteiger partial charge >= 0.3 is 5.97 Å². The molecule has 0 spiro atoms. The number of carboxylic acids is 1. The zero-order valence-electron chi connectivity index (χ0n) is 8.38. The number of carbonyl (C=O) groups is 1. The van der Waals surface area contributed by atoms with Gasteiger partial charge in [-0.15, -0.1) is 0 Å². The van der Waals surface area contributed by atoms with Crippen molar-refractivity contribution in [2.75, 3.05) is 0 Å². The number of hydrogen-bond donors (Lipinski definition) is 2. The molecule has 0 aliphatic carbocycles. The molecule has 0 amide bonds. The number of nitro benzene ring substituents is 1. The molecule has 0 bridgehead atoms.